The molecule has 0 unspecified atom stereocenters. The molecule has 0 aliphatic rings. The number of ether oxygens (including phenoxy) is 1. The van der Waals surface area contributed by atoms with Gasteiger partial charge in [0.15, 0.2) is 22.5 Å². The molecule has 1 aromatic carbocycles. The fraction of sp³-hybridized carbons (Fsp3) is 0.222. The van der Waals surface area contributed by atoms with Gasteiger partial charge in [0.1, 0.15) is 6.61 Å². The lowest BCUT2D eigenvalue weighted by atomic mass is 10.3. The van der Waals surface area contributed by atoms with Crippen molar-refractivity contribution in [2.24, 2.45) is 0 Å². The van der Waals surface area contributed by atoms with Crippen LogP contribution in [-0.2, 0) is 17.9 Å². The number of benzene rings is 1. The van der Waals surface area contributed by atoms with E-state index in [2.05, 4.69) is 20.5 Å². The Bertz CT molecular complexity index is 904. The molecular weight excluding hydrogens is 369 g/mol. The van der Waals surface area contributed by atoms with Gasteiger partial charge in [-0.2, -0.15) is 0 Å². The number of thioether (sulfide) groups is 1. The third-order valence-electron chi connectivity index (χ3n) is 3.58. The van der Waals surface area contributed by atoms with Crippen molar-refractivity contribution < 1.29 is 13.9 Å². The monoisotopic (exact) mass is 387 g/mol. The van der Waals surface area contributed by atoms with Gasteiger partial charge in [0, 0.05) is 12.7 Å². The summed E-state index contributed by atoms with van der Waals surface area (Å²) in [6, 6.07) is 9.70. The molecule has 0 aliphatic carbocycles. The Hall–Kier alpha value is -2.94. The van der Waals surface area contributed by atoms with Gasteiger partial charge in [0.05, 0.1) is 17.6 Å². The molecule has 27 heavy (non-hydrogen) atoms. The largest absolute Gasteiger partial charge is 0.483 e. The highest BCUT2D eigenvalue weighted by molar-refractivity contribution is 7.99. The van der Waals surface area contributed by atoms with Crippen LogP contribution < -0.4 is 10.1 Å². The molecule has 2 aromatic heterocycles. The number of amides is 1. The molecule has 3 aromatic rings. The average Bonchev–Trinajstić information content (AvgIpc) is 3.08. The van der Waals surface area contributed by atoms with Gasteiger partial charge in [-0.25, -0.2) is 4.39 Å². The van der Waals surface area contributed by atoms with Crippen molar-refractivity contribution in [2.45, 2.75) is 25.2 Å². The fourth-order valence-electron chi connectivity index (χ4n) is 2.32. The second kappa shape index (κ2) is 9.13. The normalized spacial score (nSPS) is 10.6. The minimum Gasteiger partial charge on any atom is -0.483 e. The van der Waals surface area contributed by atoms with Gasteiger partial charge in [-0.15, -0.1) is 10.2 Å². The Balaban J connectivity index is 1.58. The summed E-state index contributed by atoms with van der Waals surface area (Å²) in [4.78, 5) is 16.0. The standard InChI is InChI=1S/C18H18FN5O2S/c1-2-24-16(11-26-15-8-4-3-7-14(15)19)22-23-18(24)27-12-17(25)21-13-6-5-9-20-10-13/h3-10H,2,11-12H2,1H3,(H,21,25). The summed E-state index contributed by atoms with van der Waals surface area (Å²) < 4.78 is 21.0. The molecule has 9 heteroatoms. The molecule has 0 saturated heterocycles. The highest BCUT2D eigenvalue weighted by Gasteiger charge is 2.14. The Kier molecular flexibility index (Phi) is 6.37. The van der Waals surface area contributed by atoms with E-state index in [4.69, 9.17) is 4.74 Å². The van der Waals surface area contributed by atoms with Crippen LogP contribution in [0.25, 0.3) is 0 Å². The van der Waals surface area contributed by atoms with Crippen molar-refractivity contribution in [1.82, 2.24) is 19.7 Å². The van der Waals surface area contributed by atoms with Crippen LogP contribution in [0.1, 0.15) is 12.7 Å². The molecule has 0 saturated carbocycles. The number of aromatic nitrogens is 4. The van der Waals surface area contributed by atoms with E-state index in [-0.39, 0.29) is 24.0 Å². The first-order valence-corrected chi connectivity index (χ1v) is 9.28. The second-order valence-electron chi connectivity index (χ2n) is 5.44. The summed E-state index contributed by atoms with van der Waals surface area (Å²) in [5.41, 5.74) is 0.638. The number of nitrogens with one attached hydrogen (secondary N) is 1. The third-order valence-corrected chi connectivity index (χ3v) is 4.55. The van der Waals surface area contributed by atoms with Crippen LogP contribution in [-0.4, -0.2) is 31.4 Å². The summed E-state index contributed by atoms with van der Waals surface area (Å²) in [5, 5.41) is 11.6. The Morgan fingerprint density at radius 1 is 1.26 bits per heavy atom. The summed E-state index contributed by atoms with van der Waals surface area (Å²) in [7, 11) is 0. The Labute approximate surface area is 160 Å². The lowest BCUT2D eigenvalue weighted by molar-refractivity contribution is -0.113. The zero-order valence-corrected chi connectivity index (χ0v) is 15.4. The first-order chi connectivity index (χ1) is 13.2. The zero-order valence-electron chi connectivity index (χ0n) is 14.6. The van der Waals surface area contributed by atoms with E-state index in [0.717, 1.165) is 0 Å². The van der Waals surface area contributed by atoms with Gasteiger partial charge in [0.25, 0.3) is 0 Å². The Morgan fingerprint density at radius 3 is 2.85 bits per heavy atom. The number of hydrogen-bond acceptors (Lipinski definition) is 6. The molecule has 1 amide bonds. The predicted octanol–water partition coefficient (Wildman–Crippen LogP) is 3.14. The highest BCUT2D eigenvalue weighted by Crippen LogP contribution is 2.20. The van der Waals surface area contributed by atoms with Crippen LogP contribution in [0, 0.1) is 5.82 Å². The number of carbonyl (C=O) groups excluding carboxylic acids is 1. The van der Waals surface area contributed by atoms with E-state index in [1.807, 2.05) is 11.5 Å². The fourth-order valence-corrected chi connectivity index (χ4v) is 3.14. The number of carbonyl (C=O) groups is 1. The zero-order chi connectivity index (χ0) is 19.1. The van der Waals surface area contributed by atoms with E-state index in [0.29, 0.717) is 23.2 Å². The molecule has 0 bridgehead atoms. The smallest absolute Gasteiger partial charge is 0.234 e. The van der Waals surface area contributed by atoms with E-state index < -0.39 is 5.82 Å². The maximum Gasteiger partial charge on any atom is 0.234 e. The lowest BCUT2D eigenvalue weighted by Gasteiger charge is -2.09. The molecule has 0 radical (unpaired) electrons. The first-order valence-electron chi connectivity index (χ1n) is 8.29. The number of nitrogens with zero attached hydrogens (tertiary/aromatic N) is 4. The maximum absolute atomic E-state index is 13.6. The summed E-state index contributed by atoms with van der Waals surface area (Å²) in [5.74, 6) is 0.315. The van der Waals surface area contributed by atoms with Gasteiger partial charge in [-0.1, -0.05) is 23.9 Å². The number of anilines is 1. The van der Waals surface area contributed by atoms with E-state index in [9.17, 15) is 9.18 Å². The molecular formula is C18H18FN5O2S. The quantitative estimate of drug-likeness (QED) is 0.598. The summed E-state index contributed by atoms with van der Waals surface area (Å²) >= 11 is 1.27. The number of rotatable bonds is 8. The van der Waals surface area contributed by atoms with Crippen LogP contribution in [0.4, 0.5) is 10.1 Å². The molecule has 7 nitrogen and oxygen atoms in total. The average molecular weight is 387 g/mol. The topological polar surface area (TPSA) is 81.9 Å². The number of pyridine rings is 1. The van der Waals surface area contributed by atoms with Crippen LogP contribution in [0.15, 0.2) is 53.9 Å². The van der Waals surface area contributed by atoms with Crippen molar-refractivity contribution in [3.63, 3.8) is 0 Å². The molecule has 0 spiro atoms. The summed E-state index contributed by atoms with van der Waals surface area (Å²) in [6.45, 7) is 2.63. The SMILES string of the molecule is CCn1c(COc2ccccc2F)nnc1SCC(=O)Nc1cccnc1. The highest BCUT2D eigenvalue weighted by atomic mass is 32.2. The van der Waals surface area contributed by atoms with E-state index in [1.54, 1.807) is 42.7 Å². The molecule has 140 valence electrons. The van der Waals surface area contributed by atoms with Crippen molar-refractivity contribution in [2.75, 3.05) is 11.1 Å². The van der Waals surface area contributed by atoms with E-state index in [1.165, 1.54) is 17.8 Å². The maximum atomic E-state index is 13.6. The number of halogens is 1. The van der Waals surface area contributed by atoms with E-state index >= 15 is 0 Å². The minimum atomic E-state index is -0.429. The van der Waals surface area contributed by atoms with Gasteiger partial charge >= 0.3 is 0 Å². The molecule has 3 rings (SSSR count). The summed E-state index contributed by atoms with van der Waals surface area (Å²) in [6.07, 6.45) is 3.22. The van der Waals surface area contributed by atoms with Crippen LogP contribution >= 0.6 is 11.8 Å². The second-order valence-corrected chi connectivity index (χ2v) is 6.38. The van der Waals surface area contributed by atoms with Crippen LogP contribution in [0.5, 0.6) is 5.75 Å². The van der Waals surface area contributed by atoms with Crippen molar-refractivity contribution in [3.05, 3.63) is 60.4 Å². The third kappa shape index (κ3) is 5.04. The van der Waals surface area contributed by atoms with Gasteiger partial charge in [-0.05, 0) is 31.2 Å². The predicted molar refractivity (Wildman–Crippen MR) is 100 cm³/mol. The Morgan fingerprint density at radius 2 is 2.11 bits per heavy atom. The number of para-hydroxylation sites is 1. The van der Waals surface area contributed by atoms with Crippen LogP contribution in [0.2, 0.25) is 0 Å². The molecule has 0 fully saturated rings. The molecule has 2 heterocycles. The first kappa shape index (κ1) is 18.8. The van der Waals surface area contributed by atoms with Crippen molar-refractivity contribution in [1.29, 1.82) is 0 Å². The van der Waals surface area contributed by atoms with Gasteiger partial charge in [-0.3, -0.25) is 9.78 Å². The molecule has 0 aliphatic heterocycles. The lowest BCUT2D eigenvalue weighted by Crippen LogP contribution is -2.15. The van der Waals surface area contributed by atoms with Crippen LogP contribution in [0.3, 0.4) is 0 Å². The van der Waals surface area contributed by atoms with Crippen molar-refractivity contribution in [3.8, 4) is 5.75 Å². The number of hydrogen-bond donors (Lipinski definition) is 1. The van der Waals surface area contributed by atoms with Crippen molar-refractivity contribution >= 4 is 23.4 Å². The molecule has 1 N–H and O–H groups in total. The molecule has 0 atom stereocenters. The van der Waals surface area contributed by atoms with Gasteiger partial charge < -0.3 is 14.6 Å². The van der Waals surface area contributed by atoms with Gasteiger partial charge in [0.2, 0.25) is 5.91 Å². The minimum absolute atomic E-state index is 0.0875.